The molecule has 0 fully saturated rings. The number of hydrazine groups is 1. The largest absolute Gasteiger partial charge is 0.481 e. The van der Waals surface area contributed by atoms with E-state index in [0.717, 1.165) is 15.9 Å². The minimum absolute atomic E-state index is 0.0000592. The van der Waals surface area contributed by atoms with E-state index < -0.39 is 29.6 Å². The van der Waals surface area contributed by atoms with Gasteiger partial charge in [0.1, 0.15) is 5.75 Å². The molecule has 2 rings (SSSR count). The summed E-state index contributed by atoms with van der Waals surface area (Å²) in [6, 6.07) is 6.23. The minimum Gasteiger partial charge on any atom is -0.481 e. The number of nitrogens with one attached hydrogen (secondary N) is 2. The van der Waals surface area contributed by atoms with Gasteiger partial charge in [-0.25, -0.2) is 8.78 Å². The highest BCUT2D eigenvalue weighted by molar-refractivity contribution is 9.11. The lowest BCUT2D eigenvalue weighted by Gasteiger charge is -2.15. The number of hydrogen-bond acceptors (Lipinski definition) is 4. The molecule has 0 saturated carbocycles. The van der Waals surface area contributed by atoms with Gasteiger partial charge in [0.05, 0.1) is 8.66 Å². The summed E-state index contributed by atoms with van der Waals surface area (Å²) in [5.74, 6) is -3.21. The van der Waals surface area contributed by atoms with Crippen LogP contribution in [-0.4, -0.2) is 17.9 Å². The van der Waals surface area contributed by atoms with Gasteiger partial charge in [-0.1, -0.05) is 0 Å². The summed E-state index contributed by atoms with van der Waals surface area (Å²) in [5.41, 5.74) is 4.43. The van der Waals surface area contributed by atoms with Gasteiger partial charge >= 0.3 is 0 Å². The van der Waals surface area contributed by atoms with Gasteiger partial charge in [-0.15, -0.1) is 11.3 Å². The molecule has 0 radical (unpaired) electrons. The maximum absolute atomic E-state index is 13.1. The molecule has 23 heavy (non-hydrogen) atoms. The summed E-state index contributed by atoms with van der Waals surface area (Å²) in [4.78, 5) is 24.0. The van der Waals surface area contributed by atoms with Crippen LogP contribution >= 0.6 is 27.3 Å². The number of amides is 2. The first-order chi connectivity index (χ1) is 10.9. The smallest absolute Gasteiger partial charge is 0.279 e. The van der Waals surface area contributed by atoms with Crippen molar-refractivity contribution in [1.82, 2.24) is 10.9 Å². The maximum Gasteiger partial charge on any atom is 0.279 e. The lowest BCUT2D eigenvalue weighted by Crippen LogP contribution is -2.47. The average molecular weight is 405 g/mol. The van der Waals surface area contributed by atoms with Crippen LogP contribution in [0.2, 0.25) is 0 Å². The first kappa shape index (κ1) is 17.4. The fourth-order valence-corrected chi connectivity index (χ4v) is 2.81. The molecule has 2 N–H and O–H groups in total. The standard InChI is InChI=1S/C14H11BrF2N2O3S/c1-7(22-8-2-3-9(16)10(17)6-8)13(20)18-19-14(21)11-4-5-12(15)23-11/h2-7H,1H3,(H,18,20)(H,19,21). The molecule has 0 aliphatic heterocycles. The lowest BCUT2D eigenvalue weighted by atomic mass is 10.3. The Morgan fingerprint density at radius 3 is 2.52 bits per heavy atom. The molecule has 1 aromatic carbocycles. The average Bonchev–Trinajstić information content (AvgIpc) is 2.94. The highest BCUT2D eigenvalue weighted by atomic mass is 79.9. The van der Waals surface area contributed by atoms with Gasteiger partial charge < -0.3 is 4.74 Å². The van der Waals surface area contributed by atoms with Crippen molar-refractivity contribution in [2.75, 3.05) is 0 Å². The fourth-order valence-electron chi connectivity index (χ4n) is 1.53. The van der Waals surface area contributed by atoms with Crippen molar-refractivity contribution in [3.05, 3.63) is 50.6 Å². The molecule has 1 aromatic heterocycles. The number of halogens is 3. The number of carbonyl (C=O) groups excluding carboxylic acids is 2. The predicted octanol–water partition coefficient (Wildman–Crippen LogP) is 3.02. The van der Waals surface area contributed by atoms with Crippen molar-refractivity contribution in [2.24, 2.45) is 0 Å². The minimum atomic E-state index is -1.08. The molecular formula is C14H11BrF2N2O3S. The van der Waals surface area contributed by atoms with Crippen LogP contribution < -0.4 is 15.6 Å². The SMILES string of the molecule is CC(Oc1ccc(F)c(F)c1)C(=O)NNC(=O)c1ccc(Br)s1. The van der Waals surface area contributed by atoms with Crippen LogP contribution in [0, 0.1) is 11.6 Å². The van der Waals surface area contributed by atoms with Crippen LogP contribution in [0.1, 0.15) is 16.6 Å². The van der Waals surface area contributed by atoms with Gasteiger partial charge in [-0.2, -0.15) is 0 Å². The number of carbonyl (C=O) groups is 2. The molecule has 0 aliphatic carbocycles. The van der Waals surface area contributed by atoms with E-state index in [2.05, 4.69) is 26.8 Å². The number of hydrogen-bond donors (Lipinski definition) is 2. The Bertz CT molecular complexity index is 739. The van der Waals surface area contributed by atoms with E-state index in [1.165, 1.54) is 24.3 Å². The summed E-state index contributed by atoms with van der Waals surface area (Å²) < 4.78 is 31.8. The summed E-state index contributed by atoms with van der Waals surface area (Å²) in [5, 5.41) is 0. The van der Waals surface area contributed by atoms with Crippen LogP contribution in [0.3, 0.4) is 0 Å². The third-order valence-electron chi connectivity index (χ3n) is 2.67. The number of thiophene rings is 1. The third kappa shape index (κ3) is 4.73. The Hall–Kier alpha value is -2.00. The molecule has 2 aromatic rings. The quantitative estimate of drug-likeness (QED) is 0.769. The molecule has 5 nitrogen and oxygen atoms in total. The molecule has 122 valence electrons. The first-order valence-corrected chi connectivity index (χ1v) is 7.95. The predicted molar refractivity (Wildman–Crippen MR) is 84.1 cm³/mol. The van der Waals surface area contributed by atoms with Gasteiger partial charge in [0.2, 0.25) is 0 Å². The van der Waals surface area contributed by atoms with Crippen LogP contribution in [0.4, 0.5) is 8.78 Å². The van der Waals surface area contributed by atoms with Crippen molar-refractivity contribution in [2.45, 2.75) is 13.0 Å². The van der Waals surface area contributed by atoms with Crippen molar-refractivity contribution in [1.29, 1.82) is 0 Å². The third-order valence-corrected chi connectivity index (χ3v) is 4.29. The van der Waals surface area contributed by atoms with Crippen LogP contribution in [0.15, 0.2) is 34.1 Å². The van der Waals surface area contributed by atoms with E-state index in [-0.39, 0.29) is 5.75 Å². The zero-order valence-electron chi connectivity index (χ0n) is 11.7. The Morgan fingerprint density at radius 2 is 1.91 bits per heavy atom. The second kappa shape index (κ2) is 7.51. The topological polar surface area (TPSA) is 67.4 Å². The van der Waals surface area contributed by atoms with Gasteiger partial charge in [0.15, 0.2) is 17.7 Å². The second-order valence-corrected chi connectivity index (χ2v) is 6.85. The summed E-state index contributed by atoms with van der Waals surface area (Å²) >= 11 is 4.43. The number of rotatable bonds is 4. The number of ether oxygens (including phenoxy) is 1. The summed E-state index contributed by atoms with van der Waals surface area (Å²) in [6.45, 7) is 1.41. The van der Waals surface area contributed by atoms with Crippen LogP contribution in [0.25, 0.3) is 0 Å². The molecule has 9 heteroatoms. The van der Waals surface area contributed by atoms with E-state index in [1.807, 2.05) is 0 Å². The van der Waals surface area contributed by atoms with Gasteiger partial charge in [0.25, 0.3) is 11.8 Å². The number of benzene rings is 1. The summed E-state index contributed by atoms with van der Waals surface area (Å²) in [7, 11) is 0. The van der Waals surface area contributed by atoms with Gasteiger partial charge in [0, 0.05) is 6.07 Å². The van der Waals surface area contributed by atoms with E-state index in [4.69, 9.17) is 4.74 Å². The zero-order valence-corrected chi connectivity index (χ0v) is 14.1. The molecule has 0 aliphatic rings. The molecule has 0 spiro atoms. The van der Waals surface area contributed by atoms with E-state index in [1.54, 1.807) is 12.1 Å². The van der Waals surface area contributed by atoms with Crippen molar-refractivity contribution in [3.63, 3.8) is 0 Å². The molecule has 1 atom stereocenters. The van der Waals surface area contributed by atoms with E-state index >= 15 is 0 Å². The Balaban J connectivity index is 1.87. The zero-order chi connectivity index (χ0) is 17.0. The highest BCUT2D eigenvalue weighted by Crippen LogP contribution is 2.21. The van der Waals surface area contributed by atoms with E-state index in [9.17, 15) is 18.4 Å². The van der Waals surface area contributed by atoms with Crippen molar-refractivity contribution < 1.29 is 23.1 Å². The monoisotopic (exact) mass is 404 g/mol. The maximum atomic E-state index is 13.1. The van der Waals surface area contributed by atoms with Crippen molar-refractivity contribution >= 4 is 39.1 Å². The fraction of sp³-hybridized carbons (Fsp3) is 0.143. The normalized spacial score (nSPS) is 11.7. The van der Waals surface area contributed by atoms with E-state index in [0.29, 0.717) is 4.88 Å². The van der Waals surface area contributed by atoms with Gasteiger partial charge in [-0.05, 0) is 47.1 Å². The Labute approximate surface area is 142 Å². The Morgan fingerprint density at radius 1 is 1.17 bits per heavy atom. The second-order valence-electron chi connectivity index (χ2n) is 4.38. The molecule has 0 saturated heterocycles. The first-order valence-electron chi connectivity index (χ1n) is 6.34. The summed E-state index contributed by atoms with van der Waals surface area (Å²) in [6.07, 6.45) is -1.02. The van der Waals surface area contributed by atoms with Crippen molar-refractivity contribution in [3.8, 4) is 5.75 Å². The lowest BCUT2D eigenvalue weighted by molar-refractivity contribution is -0.128. The molecule has 1 unspecified atom stereocenters. The highest BCUT2D eigenvalue weighted by Gasteiger charge is 2.17. The molecule has 1 heterocycles. The molecule has 2 amide bonds. The van der Waals surface area contributed by atoms with Crippen LogP contribution in [0.5, 0.6) is 5.75 Å². The van der Waals surface area contributed by atoms with Gasteiger partial charge in [-0.3, -0.25) is 20.4 Å². The molecular weight excluding hydrogens is 394 g/mol. The van der Waals surface area contributed by atoms with Crippen LogP contribution in [-0.2, 0) is 4.79 Å². The molecule has 0 bridgehead atoms. The Kier molecular flexibility index (Phi) is 5.67.